The van der Waals surface area contributed by atoms with Gasteiger partial charge in [-0.15, -0.1) is 0 Å². The molecule has 3 aromatic carbocycles. The highest BCUT2D eigenvalue weighted by molar-refractivity contribution is 6.04. The molecule has 4 heteroatoms. The Balaban J connectivity index is 1.65. The first-order valence-electron chi connectivity index (χ1n) is 8.12. The summed E-state index contributed by atoms with van der Waals surface area (Å²) in [6, 6.07) is 23.9. The van der Waals surface area contributed by atoms with Crippen LogP contribution in [0.2, 0.25) is 0 Å². The third-order valence-electron chi connectivity index (χ3n) is 3.50. The van der Waals surface area contributed by atoms with Gasteiger partial charge in [0, 0.05) is 11.3 Å². The molecule has 4 nitrogen and oxygen atoms in total. The molecule has 0 aliphatic carbocycles. The van der Waals surface area contributed by atoms with E-state index in [1.165, 1.54) is 0 Å². The fourth-order valence-electron chi connectivity index (χ4n) is 2.33. The van der Waals surface area contributed by atoms with E-state index < -0.39 is 0 Å². The largest absolute Gasteiger partial charge is 0.494 e. The van der Waals surface area contributed by atoms with Crippen molar-refractivity contribution in [2.24, 2.45) is 0 Å². The number of rotatable bonds is 6. The molecule has 0 atom stereocenters. The first kappa shape index (κ1) is 16.6. The molecule has 0 fully saturated rings. The zero-order valence-corrected chi connectivity index (χ0v) is 13.9. The summed E-state index contributed by atoms with van der Waals surface area (Å²) in [6.07, 6.45) is 0. The monoisotopic (exact) mass is 333 g/mol. The molecule has 0 radical (unpaired) electrons. The predicted molar refractivity (Wildman–Crippen MR) is 98.5 cm³/mol. The molecule has 25 heavy (non-hydrogen) atoms. The Morgan fingerprint density at radius 1 is 0.840 bits per heavy atom. The number of nitrogens with one attached hydrogen (secondary N) is 1. The number of hydrogen-bond donors (Lipinski definition) is 1. The maximum Gasteiger partial charge on any atom is 0.255 e. The van der Waals surface area contributed by atoms with Crippen LogP contribution in [0, 0.1) is 0 Å². The smallest absolute Gasteiger partial charge is 0.255 e. The van der Waals surface area contributed by atoms with E-state index in [2.05, 4.69) is 5.32 Å². The fourth-order valence-corrected chi connectivity index (χ4v) is 2.33. The quantitative estimate of drug-likeness (QED) is 0.680. The number of amides is 1. The Bertz CT molecular complexity index is 829. The number of ether oxygens (including phenoxy) is 2. The summed E-state index contributed by atoms with van der Waals surface area (Å²) in [7, 11) is 0. The SMILES string of the molecule is CCOc1cccc(C(=O)Nc2ccc(Oc3ccccc3)cc2)c1. The van der Waals surface area contributed by atoms with Gasteiger partial charge in [0.2, 0.25) is 0 Å². The lowest BCUT2D eigenvalue weighted by atomic mass is 10.2. The average molecular weight is 333 g/mol. The molecular formula is C21H19NO3. The standard InChI is InChI=1S/C21H19NO3/c1-2-24-20-10-6-7-16(15-20)21(23)22-17-11-13-19(14-12-17)25-18-8-4-3-5-9-18/h3-15H,2H2,1H3,(H,22,23). The number of anilines is 1. The molecule has 3 rings (SSSR count). The zero-order valence-electron chi connectivity index (χ0n) is 13.9. The van der Waals surface area contributed by atoms with E-state index in [1.807, 2.05) is 67.6 Å². The molecule has 0 spiro atoms. The average Bonchev–Trinajstić information content (AvgIpc) is 2.65. The van der Waals surface area contributed by atoms with E-state index in [0.29, 0.717) is 29.4 Å². The lowest BCUT2D eigenvalue weighted by molar-refractivity contribution is 0.102. The van der Waals surface area contributed by atoms with Gasteiger partial charge in [-0.1, -0.05) is 24.3 Å². The van der Waals surface area contributed by atoms with Gasteiger partial charge in [-0.05, 0) is 61.5 Å². The van der Waals surface area contributed by atoms with Crippen LogP contribution in [0.5, 0.6) is 17.2 Å². The summed E-state index contributed by atoms with van der Waals surface area (Å²) >= 11 is 0. The molecule has 0 unspecified atom stereocenters. The van der Waals surface area contributed by atoms with E-state index >= 15 is 0 Å². The number of hydrogen-bond acceptors (Lipinski definition) is 3. The van der Waals surface area contributed by atoms with Crippen LogP contribution in [-0.2, 0) is 0 Å². The summed E-state index contributed by atoms with van der Waals surface area (Å²) in [5.41, 5.74) is 1.25. The first-order valence-corrected chi connectivity index (χ1v) is 8.12. The van der Waals surface area contributed by atoms with Crippen molar-refractivity contribution in [2.75, 3.05) is 11.9 Å². The van der Waals surface area contributed by atoms with Gasteiger partial charge in [0.05, 0.1) is 6.61 Å². The van der Waals surface area contributed by atoms with Crippen molar-refractivity contribution in [2.45, 2.75) is 6.92 Å². The second-order valence-electron chi connectivity index (χ2n) is 5.35. The summed E-state index contributed by atoms with van der Waals surface area (Å²) in [4.78, 5) is 12.3. The molecule has 0 heterocycles. The molecule has 0 bridgehead atoms. The molecule has 1 amide bonds. The maximum absolute atomic E-state index is 12.3. The van der Waals surface area contributed by atoms with Crippen molar-refractivity contribution in [3.05, 3.63) is 84.4 Å². The van der Waals surface area contributed by atoms with Crippen molar-refractivity contribution in [1.29, 1.82) is 0 Å². The van der Waals surface area contributed by atoms with Crippen LogP contribution in [0.4, 0.5) is 5.69 Å². The molecule has 0 aliphatic heterocycles. The summed E-state index contributed by atoms with van der Waals surface area (Å²) in [5.74, 6) is 1.98. The number of carbonyl (C=O) groups is 1. The van der Waals surface area contributed by atoms with Gasteiger partial charge in [0.1, 0.15) is 17.2 Å². The summed E-state index contributed by atoms with van der Waals surface area (Å²) in [6.45, 7) is 2.47. The van der Waals surface area contributed by atoms with Crippen LogP contribution < -0.4 is 14.8 Å². The topological polar surface area (TPSA) is 47.6 Å². The van der Waals surface area contributed by atoms with Crippen molar-refractivity contribution < 1.29 is 14.3 Å². The Hall–Kier alpha value is -3.27. The molecular weight excluding hydrogens is 314 g/mol. The highest BCUT2D eigenvalue weighted by Crippen LogP contribution is 2.23. The van der Waals surface area contributed by atoms with Crippen LogP contribution in [-0.4, -0.2) is 12.5 Å². The minimum atomic E-state index is -0.182. The van der Waals surface area contributed by atoms with E-state index in [4.69, 9.17) is 9.47 Å². The lowest BCUT2D eigenvalue weighted by Crippen LogP contribution is -2.11. The molecule has 3 aromatic rings. The van der Waals surface area contributed by atoms with Gasteiger partial charge in [-0.3, -0.25) is 4.79 Å². The Labute approximate surface area is 147 Å². The third kappa shape index (κ3) is 4.61. The molecule has 126 valence electrons. The van der Waals surface area contributed by atoms with Crippen molar-refractivity contribution in [3.63, 3.8) is 0 Å². The molecule has 0 saturated carbocycles. The van der Waals surface area contributed by atoms with Crippen LogP contribution in [0.25, 0.3) is 0 Å². The Morgan fingerprint density at radius 3 is 2.24 bits per heavy atom. The Kier molecular flexibility index (Phi) is 5.32. The van der Waals surface area contributed by atoms with Gasteiger partial charge >= 0.3 is 0 Å². The summed E-state index contributed by atoms with van der Waals surface area (Å²) in [5, 5.41) is 2.87. The Morgan fingerprint density at radius 2 is 1.52 bits per heavy atom. The van der Waals surface area contributed by atoms with Crippen LogP contribution >= 0.6 is 0 Å². The van der Waals surface area contributed by atoms with E-state index in [0.717, 1.165) is 5.75 Å². The van der Waals surface area contributed by atoms with Gasteiger partial charge < -0.3 is 14.8 Å². The van der Waals surface area contributed by atoms with Gasteiger partial charge in [0.25, 0.3) is 5.91 Å². The number of benzene rings is 3. The second-order valence-corrected chi connectivity index (χ2v) is 5.35. The first-order chi connectivity index (χ1) is 12.2. The highest BCUT2D eigenvalue weighted by Gasteiger charge is 2.07. The molecule has 1 N–H and O–H groups in total. The molecule has 0 saturated heterocycles. The molecule has 0 aromatic heterocycles. The zero-order chi connectivity index (χ0) is 17.5. The van der Waals surface area contributed by atoms with E-state index in [1.54, 1.807) is 18.2 Å². The van der Waals surface area contributed by atoms with Crippen molar-refractivity contribution in [1.82, 2.24) is 0 Å². The van der Waals surface area contributed by atoms with E-state index in [9.17, 15) is 4.79 Å². The minimum absolute atomic E-state index is 0.182. The van der Waals surface area contributed by atoms with E-state index in [-0.39, 0.29) is 5.91 Å². The fraction of sp³-hybridized carbons (Fsp3) is 0.0952. The van der Waals surface area contributed by atoms with Crippen LogP contribution in [0.1, 0.15) is 17.3 Å². The van der Waals surface area contributed by atoms with Crippen molar-refractivity contribution >= 4 is 11.6 Å². The number of carbonyl (C=O) groups excluding carboxylic acids is 1. The maximum atomic E-state index is 12.3. The second kappa shape index (κ2) is 8.02. The minimum Gasteiger partial charge on any atom is -0.494 e. The normalized spacial score (nSPS) is 10.1. The van der Waals surface area contributed by atoms with Gasteiger partial charge in [-0.2, -0.15) is 0 Å². The van der Waals surface area contributed by atoms with Gasteiger partial charge in [-0.25, -0.2) is 0 Å². The lowest BCUT2D eigenvalue weighted by Gasteiger charge is -2.09. The predicted octanol–water partition coefficient (Wildman–Crippen LogP) is 5.13. The third-order valence-corrected chi connectivity index (χ3v) is 3.50. The van der Waals surface area contributed by atoms with Crippen LogP contribution in [0.3, 0.4) is 0 Å². The van der Waals surface area contributed by atoms with Gasteiger partial charge in [0.15, 0.2) is 0 Å². The van der Waals surface area contributed by atoms with Crippen LogP contribution in [0.15, 0.2) is 78.9 Å². The summed E-state index contributed by atoms with van der Waals surface area (Å²) < 4.78 is 11.2. The highest BCUT2D eigenvalue weighted by atomic mass is 16.5. The van der Waals surface area contributed by atoms with Crippen molar-refractivity contribution in [3.8, 4) is 17.2 Å². The number of para-hydroxylation sites is 1. The molecule has 0 aliphatic rings.